The van der Waals surface area contributed by atoms with E-state index in [1.807, 2.05) is 0 Å². The number of rotatable bonds is 4. The molecule has 1 heterocycles. The van der Waals surface area contributed by atoms with E-state index < -0.39 is 15.8 Å². The van der Waals surface area contributed by atoms with Gasteiger partial charge in [0.1, 0.15) is 5.82 Å². The molecule has 8 heteroatoms. The summed E-state index contributed by atoms with van der Waals surface area (Å²) >= 11 is 0. The number of hydrogen-bond donors (Lipinski definition) is 0. The molecule has 0 saturated carbocycles. The molecular weight excluding hydrogens is 383 g/mol. The lowest BCUT2D eigenvalue weighted by Crippen LogP contribution is -2.37. The Morgan fingerprint density at radius 2 is 1.54 bits per heavy atom. The van der Waals surface area contributed by atoms with E-state index in [1.165, 1.54) is 28.6 Å². The van der Waals surface area contributed by atoms with Gasteiger partial charge in [-0.25, -0.2) is 17.1 Å². The Kier molecular flexibility index (Phi) is 5.90. The number of carbonyl (C=O) groups excluding carboxylic acids is 2. The summed E-state index contributed by atoms with van der Waals surface area (Å²) in [6, 6.07) is 11.7. The fourth-order valence-corrected chi connectivity index (χ4v) is 4.10. The van der Waals surface area contributed by atoms with Crippen LogP contribution in [0.25, 0.3) is 0 Å². The first kappa shape index (κ1) is 20.2. The Morgan fingerprint density at radius 1 is 0.893 bits per heavy atom. The SMILES string of the molecule is CS(=O)(=O)N1CCCN(C(=O)c2ccccc2C(=O)c2ccc(F)cc2)CC1. The molecule has 1 aliphatic rings. The molecule has 1 saturated heterocycles. The minimum atomic E-state index is -3.31. The summed E-state index contributed by atoms with van der Waals surface area (Å²) in [5.41, 5.74) is 0.786. The molecule has 0 N–H and O–H groups in total. The van der Waals surface area contributed by atoms with Crippen molar-refractivity contribution < 1.29 is 22.4 Å². The lowest BCUT2D eigenvalue weighted by Gasteiger charge is -2.22. The highest BCUT2D eigenvalue weighted by atomic mass is 32.2. The predicted molar refractivity (Wildman–Crippen MR) is 103 cm³/mol. The van der Waals surface area contributed by atoms with Crippen LogP contribution in [0.4, 0.5) is 4.39 Å². The highest BCUT2D eigenvalue weighted by molar-refractivity contribution is 7.88. The molecule has 0 aliphatic carbocycles. The number of amides is 1. The number of hydrogen-bond acceptors (Lipinski definition) is 4. The molecule has 148 valence electrons. The van der Waals surface area contributed by atoms with Gasteiger partial charge in [-0.15, -0.1) is 0 Å². The highest BCUT2D eigenvalue weighted by Crippen LogP contribution is 2.18. The summed E-state index contributed by atoms with van der Waals surface area (Å²) in [4.78, 5) is 27.5. The highest BCUT2D eigenvalue weighted by Gasteiger charge is 2.26. The van der Waals surface area contributed by atoms with E-state index in [2.05, 4.69) is 0 Å². The van der Waals surface area contributed by atoms with Gasteiger partial charge in [0.15, 0.2) is 5.78 Å². The maximum Gasteiger partial charge on any atom is 0.254 e. The summed E-state index contributed by atoms with van der Waals surface area (Å²) < 4.78 is 38.0. The molecule has 2 aromatic rings. The van der Waals surface area contributed by atoms with Crippen LogP contribution >= 0.6 is 0 Å². The Bertz CT molecular complexity index is 990. The molecule has 0 bridgehead atoms. The fraction of sp³-hybridized carbons (Fsp3) is 0.300. The quantitative estimate of drug-likeness (QED) is 0.732. The normalized spacial score (nSPS) is 15.9. The molecule has 2 aromatic carbocycles. The second kappa shape index (κ2) is 8.20. The third-order valence-corrected chi connectivity index (χ3v) is 6.02. The molecule has 1 amide bonds. The van der Waals surface area contributed by atoms with E-state index in [0.29, 0.717) is 25.1 Å². The first-order chi connectivity index (χ1) is 13.3. The van der Waals surface area contributed by atoms with Crippen LogP contribution in [0.5, 0.6) is 0 Å². The predicted octanol–water partition coefficient (Wildman–Crippen LogP) is 2.16. The van der Waals surface area contributed by atoms with Crippen molar-refractivity contribution in [3.63, 3.8) is 0 Å². The van der Waals surface area contributed by atoms with Gasteiger partial charge in [-0.3, -0.25) is 9.59 Å². The lowest BCUT2D eigenvalue weighted by molar-refractivity contribution is 0.0760. The van der Waals surface area contributed by atoms with Gasteiger partial charge in [-0.2, -0.15) is 0 Å². The van der Waals surface area contributed by atoms with Crippen molar-refractivity contribution >= 4 is 21.7 Å². The molecule has 1 fully saturated rings. The van der Waals surface area contributed by atoms with Crippen molar-refractivity contribution in [1.29, 1.82) is 0 Å². The maximum absolute atomic E-state index is 13.1. The van der Waals surface area contributed by atoms with Gasteiger partial charge in [-0.1, -0.05) is 18.2 Å². The molecule has 1 aliphatic heterocycles. The van der Waals surface area contributed by atoms with Crippen LogP contribution in [0.1, 0.15) is 32.7 Å². The standard InChI is InChI=1S/C20H21FN2O4S/c1-28(26,27)23-12-4-11-22(13-14-23)20(25)18-6-3-2-5-17(18)19(24)15-7-9-16(21)10-8-15/h2-3,5-10H,4,11-14H2,1H3. The summed E-state index contributed by atoms with van der Waals surface area (Å²) in [7, 11) is -3.31. The van der Waals surface area contributed by atoms with Crippen molar-refractivity contribution in [2.75, 3.05) is 32.4 Å². The minimum absolute atomic E-state index is 0.221. The summed E-state index contributed by atoms with van der Waals surface area (Å²) in [6.07, 6.45) is 1.67. The van der Waals surface area contributed by atoms with E-state index >= 15 is 0 Å². The number of sulfonamides is 1. The van der Waals surface area contributed by atoms with Crippen molar-refractivity contribution in [2.24, 2.45) is 0 Å². The Balaban J connectivity index is 1.85. The molecule has 0 radical (unpaired) electrons. The third-order valence-electron chi connectivity index (χ3n) is 4.72. The zero-order chi connectivity index (χ0) is 20.3. The topological polar surface area (TPSA) is 74.8 Å². The first-order valence-corrected chi connectivity index (χ1v) is 10.8. The average molecular weight is 404 g/mol. The van der Waals surface area contributed by atoms with E-state index in [-0.39, 0.29) is 35.9 Å². The Labute approximate surface area is 163 Å². The summed E-state index contributed by atoms with van der Waals surface area (Å²) in [6.45, 7) is 1.24. The minimum Gasteiger partial charge on any atom is -0.337 e. The van der Waals surface area contributed by atoms with Gasteiger partial charge in [0, 0.05) is 37.3 Å². The molecule has 28 heavy (non-hydrogen) atoms. The Morgan fingerprint density at radius 3 is 2.18 bits per heavy atom. The van der Waals surface area contributed by atoms with Crippen molar-refractivity contribution in [3.8, 4) is 0 Å². The average Bonchev–Trinajstić information content (AvgIpc) is 2.94. The van der Waals surface area contributed by atoms with Crippen LogP contribution in [0, 0.1) is 5.82 Å². The molecular formula is C20H21FN2O4S. The van der Waals surface area contributed by atoms with Crippen LogP contribution in [0.15, 0.2) is 48.5 Å². The van der Waals surface area contributed by atoms with E-state index in [4.69, 9.17) is 0 Å². The second-order valence-corrected chi connectivity index (χ2v) is 8.67. The second-order valence-electron chi connectivity index (χ2n) is 6.69. The van der Waals surface area contributed by atoms with E-state index in [1.54, 1.807) is 29.2 Å². The van der Waals surface area contributed by atoms with Crippen LogP contribution in [0.3, 0.4) is 0 Å². The fourth-order valence-electron chi connectivity index (χ4n) is 3.22. The molecule has 0 atom stereocenters. The number of benzene rings is 2. The monoisotopic (exact) mass is 404 g/mol. The molecule has 6 nitrogen and oxygen atoms in total. The van der Waals surface area contributed by atoms with Crippen LogP contribution in [0.2, 0.25) is 0 Å². The molecule has 0 unspecified atom stereocenters. The van der Waals surface area contributed by atoms with Gasteiger partial charge in [-0.05, 0) is 36.8 Å². The third kappa shape index (κ3) is 4.45. The summed E-state index contributed by atoms with van der Waals surface area (Å²) in [5.74, 6) is -1.13. The van der Waals surface area contributed by atoms with Crippen LogP contribution in [-0.4, -0.2) is 61.7 Å². The molecule has 0 aromatic heterocycles. The van der Waals surface area contributed by atoms with Crippen molar-refractivity contribution in [2.45, 2.75) is 6.42 Å². The number of ketones is 1. The van der Waals surface area contributed by atoms with Crippen LogP contribution < -0.4 is 0 Å². The lowest BCUT2D eigenvalue weighted by atomic mass is 9.97. The first-order valence-electron chi connectivity index (χ1n) is 8.91. The zero-order valence-electron chi connectivity index (χ0n) is 15.5. The van der Waals surface area contributed by atoms with E-state index in [0.717, 1.165) is 6.26 Å². The Hall–Kier alpha value is -2.58. The molecule has 0 spiro atoms. The smallest absolute Gasteiger partial charge is 0.254 e. The number of carbonyl (C=O) groups is 2. The van der Waals surface area contributed by atoms with Gasteiger partial charge in [0.25, 0.3) is 5.91 Å². The zero-order valence-corrected chi connectivity index (χ0v) is 16.3. The van der Waals surface area contributed by atoms with Gasteiger partial charge >= 0.3 is 0 Å². The summed E-state index contributed by atoms with van der Waals surface area (Å²) in [5, 5.41) is 0. The van der Waals surface area contributed by atoms with Crippen molar-refractivity contribution in [1.82, 2.24) is 9.21 Å². The number of nitrogens with zero attached hydrogens (tertiary/aromatic N) is 2. The largest absolute Gasteiger partial charge is 0.337 e. The van der Waals surface area contributed by atoms with Gasteiger partial charge in [0.2, 0.25) is 10.0 Å². The van der Waals surface area contributed by atoms with E-state index in [9.17, 15) is 22.4 Å². The number of halogens is 1. The van der Waals surface area contributed by atoms with Crippen LogP contribution in [-0.2, 0) is 10.0 Å². The molecule has 3 rings (SSSR count). The van der Waals surface area contributed by atoms with Gasteiger partial charge < -0.3 is 4.90 Å². The maximum atomic E-state index is 13.1. The van der Waals surface area contributed by atoms with Crippen molar-refractivity contribution in [3.05, 3.63) is 71.0 Å². The van der Waals surface area contributed by atoms with Gasteiger partial charge in [0.05, 0.1) is 11.8 Å².